The van der Waals surface area contributed by atoms with Gasteiger partial charge in [0.25, 0.3) is 0 Å². The molecule has 0 heterocycles. The lowest BCUT2D eigenvalue weighted by Gasteiger charge is -2.22. The van der Waals surface area contributed by atoms with Gasteiger partial charge < -0.3 is 5.32 Å². The van der Waals surface area contributed by atoms with Gasteiger partial charge in [0, 0.05) is 6.92 Å². The Bertz CT molecular complexity index is 390. The molecule has 1 amide bonds. The Morgan fingerprint density at radius 1 is 1.17 bits per heavy atom. The maximum Gasteiger partial charge on any atom is 0.217 e. The van der Waals surface area contributed by atoms with Crippen molar-refractivity contribution in [3.05, 3.63) is 35.4 Å². The summed E-state index contributed by atoms with van der Waals surface area (Å²) >= 11 is 0. The van der Waals surface area contributed by atoms with Crippen molar-refractivity contribution in [2.75, 3.05) is 0 Å². The summed E-state index contributed by atoms with van der Waals surface area (Å²) in [6.45, 7) is 3.59. The summed E-state index contributed by atoms with van der Waals surface area (Å²) in [4.78, 5) is 11.0. The second-order valence-electron chi connectivity index (χ2n) is 5.42. The first-order valence-electron chi connectivity index (χ1n) is 7.04. The van der Waals surface area contributed by atoms with E-state index in [2.05, 4.69) is 29.6 Å². The minimum Gasteiger partial charge on any atom is -0.350 e. The van der Waals surface area contributed by atoms with Crippen LogP contribution in [0.4, 0.5) is 0 Å². The number of rotatable bonds is 3. The minimum atomic E-state index is 0.0267. The number of hydrogen-bond donors (Lipinski definition) is 1. The van der Waals surface area contributed by atoms with Crippen molar-refractivity contribution in [1.29, 1.82) is 0 Å². The molecule has 2 heteroatoms. The van der Waals surface area contributed by atoms with E-state index < -0.39 is 0 Å². The van der Waals surface area contributed by atoms with E-state index in [0.717, 1.165) is 5.92 Å². The molecule has 1 aliphatic carbocycles. The van der Waals surface area contributed by atoms with Gasteiger partial charge in [-0.05, 0) is 36.8 Å². The van der Waals surface area contributed by atoms with Crippen LogP contribution < -0.4 is 5.32 Å². The Morgan fingerprint density at radius 3 is 2.33 bits per heavy atom. The van der Waals surface area contributed by atoms with Gasteiger partial charge >= 0.3 is 0 Å². The molecule has 0 aliphatic heterocycles. The first kappa shape index (κ1) is 13.1. The van der Waals surface area contributed by atoms with E-state index in [-0.39, 0.29) is 11.9 Å². The monoisotopic (exact) mass is 245 g/mol. The summed E-state index contributed by atoms with van der Waals surface area (Å²) in [5, 5.41) is 2.92. The largest absolute Gasteiger partial charge is 0.350 e. The molecule has 1 aliphatic rings. The van der Waals surface area contributed by atoms with Crippen LogP contribution in [0.5, 0.6) is 0 Å². The highest BCUT2D eigenvalue weighted by molar-refractivity contribution is 5.73. The third kappa shape index (κ3) is 3.34. The number of benzene rings is 1. The van der Waals surface area contributed by atoms with E-state index in [1.807, 2.05) is 6.92 Å². The molecule has 1 aromatic rings. The third-order valence-electron chi connectivity index (χ3n) is 3.93. The summed E-state index contributed by atoms with van der Waals surface area (Å²) in [5.41, 5.74) is 2.65. The van der Waals surface area contributed by atoms with Crippen LogP contribution in [0.3, 0.4) is 0 Å². The van der Waals surface area contributed by atoms with Crippen molar-refractivity contribution in [2.24, 2.45) is 0 Å². The second kappa shape index (κ2) is 6.03. The second-order valence-corrected chi connectivity index (χ2v) is 5.42. The van der Waals surface area contributed by atoms with Gasteiger partial charge in [0.1, 0.15) is 0 Å². The van der Waals surface area contributed by atoms with Gasteiger partial charge in [-0.3, -0.25) is 4.79 Å². The predicted molar refractivity (Wildman–Crippen MR) is 74.5 cm³/mol. The smallest absolute Gasteiger partial charge is 0.217 e. The Balaban J connectivity index is 2.02. The van der Waals surface area contributed by atoms with Gasteiger partial charge in [0.05, 0.1) is 6.04 Å². The SMILES string of the molecule is CC(=O)NC(C)c1ccc(C2CCCCC2)cc1. The number of amides is 1. The van der Waals surface area contributed by atoms with Gasteiger partial charge in [-0.1, -0.05) is 43.5 Å². The van der Waals surface area contributed by atoms with E-state index in [1.54, 1.807) is 6.92 Å². The highest BCUT2D eigenvalue weighted by atomic mass is 16.1. The molecule has 18 heavy (non-hydrogen) atoms. The molecule has 1 N–H and O–H groups in total. The third-order valence-corrected chi connectivity index (χ3v) is 3.93. The van der Waals surface area contributed by atoms with Gasteiger partial charge in [-0.2, -0.15) is 0 Å². The van der Waals surface area contributed by atoms with E-state index >= 15 is 0 Å². The van der Waals surface area contributed by atoms with Crippen LogP contribution in [0, 0.1) is 0 Å². The lowest BCUT2D eigenvalue weighted by Crippen LogP contribution is -2.23. The summed E-state index contributed by atoms with van der Waals surface area (Å²) in [6, 6.07) is 8.89. The molecule has 1 unspecified atom stereocenters. The topological polar surface area (TPSA) is 29.1 Å². The lowest BCUT2D eigenvalue weighted by atomic mass is 9.84. The van der Waals surface area contributed by atoms with Crippen LogP contribution in [0.1, 0.15) is 69.0 Å². The number of carbonyl (C=O) groups excluding carboxylic acids is 1. The van der Waals surface area contributed by atoms with Crippen molar-refractivity contribution < 1.29 is 4.79 Å². The minimum absolute atomic E-state index is 0.0267. The fourth-order valence-corrected chi connectivity index (χ4v) is 2.88. The number of hydrogen-bond acceptors (Lipinski definition) is 1. The van der Waals surface area contributed by atoms with E-state index in [4.69, 9.17) is 0 Å². The van der Waals surface area contributed by atoms with Gasteiger partial charge in [0.2, 0.25) is 5.91 Å². The highest BCUT2D eigenvalue weighted by Crippen LogP contribution is 2.32. The van der Waals surface area contributed by atoms with Crippen molar-refractivity contribution in [1.82, 2.24) is 5.32 Å². The summed E-state index contributed by atoms with van der Waals surface area (Å²) in [6.07, 6.45) is 6.80. The standard InChI is InChI=1S/C16H23NO/c1-12(17-13(2)18)14-8-10-16(11-9-14)15-6-4-3-5-7-15/h8-12,15H,3-7H2,1-2H3,(H,17,18). The average Bonchev–Trinajstić information content (AvgIpc) is 2.39. The summed E-state index contributed by atoms with van der Waals surface area (Å²) in [7, 11) is 0. The summed E-state index contributed by atoms with van der Waals surface area (Å²) < 4.78 is 0. The molecule has 2 rings (SSSR count). The quantitative estimate of drug-likeness (QED) is 0.859. The molecule has 0 aromatic heterocycles. The maximum absolute atomic E-state index is 11.0. The van der Waals surface area contributed by atoms with Crippen LogP contribution in [0.2, 0.25) is 0 Å². The van der Waals surface area contributed by atoms with E-state index in [0.29, 0.717) is 0 Å². The first-order valence-corrected chi connectivity index (χ1v) is 7.04. The zero-order valence-electron chi connectivity index (χ0n) is 11.4. The molecule has 0 spiro atoms. The molecule has 1 atom stereocenters. The Morgan fingerprint density at radius 2 is 1.78 bits per heavy atom. The molecule has 1 saturated carbocycles. The first-order chi connectivity index (χ1) is 8.66. The molecule has 1 fully saturated rings. The fraction of sp³-hybridized carbons (Fsp3) is 0.562. The van der Waals surface area contributed by atoms with E-state index in [1.165, 1.54) is 43.2 Å². The molecule has 0 radical (unpaired) electrons. The fourth-order valence-electron chi connectivity index (χ4n) is 2.88. The van der Waals surface area contributed by atoms with Crippen molar-refractivity contribution in [3.63, 3.8) is 0 Å². The van der Waals surface area contributed by atoms with Crippen LogP contribution in [-0.2, 0) is 4.79 Å². The highest BCUT2D eigenvalue weighted by Gasteiger charge is 2.15. The molecule has 2 nitrogen and oxygen atoms in total. The Labute approximate surface area is 110 Å². The van der Waals surface area contributed by atoms with Gasteiger partial charge in [-0.15, -0.1) is 0 Å². The average molecular weight is 245 g/mol. The predicted octanol–water partition coefficient (Wildman–Crippen LogP) is 3.93. The van der Waals surface area contributed by atoms with Gasteiger partial charge in [0.15, 0.2) is 0 Å². The van der Waals surface area contributed by atoms with Crippen LogP contribution in [0.15, 0.2) is 24.3 Å². The van der Waals surface area contributed by atoms with Crippen LogP contribution >= 0.6 is 0 Å². The van der Waals surface area contributed by atoms with Crippen LogP contribution in [-0.4, -0.2) is 5.91 Å². The van der Waals surface area contributed by atoms with Crippen molar-refractivity contribution >= 4 is 5.91 Å². The number of nitrogens with one attached hydrogen (secondary N) is 1. The van der Waals surface area contributed by atoms with Crippen molar-refractivity contribution in [3.8, 4) is 0 Å². The molecular weight excluding hydrogens is 222 g/mol. The molecule has 98 valence electrons. The summed E-state index contributed by atoms with van der Waals surface area (Å²) in [5.74, 6) is 0.780. The molecule has 0 saturated heterocycles. The number of carbonyl (C=O) groups is 1. The van der Waals surface area contributed by atoms with Crippen LogP contribution in [0.25, 0.3) is 0 Å². The van der Waals surface area contributed by atoms with Crippen molar-refractivity contribution in [2.45, 2.75) is 57.9 Å². The Kier molecular flexibility index (Phi) is 4.40. The zero-order valence-corrected chi connectivity index (χ0v) is 11.4. The normalized spacial score (nSPS) is 18.3. The molecule has 0 bridgehead atoms. The Hall–Kier alpha value is -1.31. The van der Waals surface area contributed by atoms with Gasteiger partial charge in [-0.25, -0.2) is 0 Å². The molecule has 1 aromatic carbocycles. The maximum atomic E-state index is 11.0. The van der Waals surface area contributed by atoms with E-state index in [9.17, 15) is 4.79 Å². The zero-order chi connectivity index (χ0) is 13.0. The molecular formula is C16H23NO. The lowest BCUT2D eigenvalue weighted by molar-refractivity contribution is -0.119.